The highest BCUT2D eigenvalue weighted by molar-refractivity contribution is 5.67. The summed E-state index contributed by atoms with van der Waals surface area (Å²) in [4.78, 5) is 11.5. The highest BCUT2D eigenvalue weighted by Crippen LogP contribution is 2.18. The van der Waals surface area contributed by atoms with Gasteiger partial charge in [0.25, 0.3) is 0 Å². The van der Waals surface area contributed by atoms with Crippen LogP contribution in [0.25, 0.3) is 0 Å². The molecule has 0 saturated carbocycles. The zero-order valence-corrected chi connectivity index (χ0v) is 14.2. The Hall–Kier alpha value is -1.91. The molecular weight excluding hydrogens is 280 g/mol. The van der Waals surface area contributed by atoms with Crippen LogP contribution in [0.4, 0.5) is 10.5 Å². The molecule has 5 heteroatoms. The third-order valence-electron chi connectivity index (χ3n) is 2.90. The maximum Gasteiger partial charge on any atom is 0.407 e. The van der Waals surface area contributed by atoms with Crippen LogP contribution in [0, 0.1) is 0 Å². The van der Waals surface area contributed by atoms with Crippen LogP contribution in [-0.4, -0.2) is 30.9 Å². The SMILES string of the molecule is CCC(C)Nc1cccc(OCCNC(=O)OC(C)(C)C)c1. The summed E-state index contributed by atoms with van der Waals surface area (Å²) in [6.45, 7) is 10.6. The third-order valence-corrected chi connectivity index (χ3v) is 2.90. The minimum absolute atomic E-state index is 0.395. The van der Waals surface area contributed by atoms with Crippen molar-refractivity contribution < 1.29 is 14.3 Å². The fourth-order valence-electron chi connectivity index (χ4n) is 1.70. The van der Waals surface area contributed by atoms with Gasteiger partial charge in [-0.05, 0) is 46.2 Å². The molecule has 0 heterocycles. The lowest BCUT2D eigenvalue weighted by atomic mass is 10.2. The van der Waals surface area contributed by atoms with Crippen LogP contribution in [0.5, 0.6) is 5.75 Å². The number of carbonyl (C=O) groups excluding carboxylic acids is 1. The molecule has 0 spiro atoms. The molecular formula is C17H28N2O3. The average molecular weight is 308 g/mol. The highest BCUT2D eigenvalue weighted by Gasteiger charge is 2.15. The normalized spacial score (nSPS) is 12.4. The molecule has 2 N–H and O–H groups in total. The van der Waals surface area contributed by atoms with Crippen molar-refractivity contribution in [2.24, 2.45) is 0 Å². The molecule has 0 fully saturated rings. The summed E-state index contributed by atoms with van der Waals surface area (Å²) in [5, 5.41) is 6.06. The zero-order chi connectivity index (χ0) is 16.6. The van der Waals surface area contributed by atoms with Gasteiger partial charge in [0.2, 0.25) is 0 Å². The number of benzene rings is 1. The predicted octanol–water partition coefficient (Wildman–Crippen LogP) is 3.80. The topological polar surface area (TPSA) is 59.6 Å². The minimum Gasteiger partial charge on any atom is -0.492 e. The fourth-order valence-corrected chi connectivity index (χ4v) is 1.70. The Labute approximate surface area is 133 Å². The van der Waals surface area contributed by atoms with Crippen molar-refractivity contribution in [3.63, 3.8) is 0 Å². The third kappa shape index (κ3) is 7.76. The number of hydrogen-bond acceptors (Lipinski definition) is 4. The first-order chi connectivity index (χ1) is 10.3. The molecule has 1 aromatic carbocycles. The molecule has 0 aliphatic heterocycles. The Morgan fingerprint density at radius 2 is 2.05 bits per heavy atom. The van der Waals surface area contributed by atoms with Crippen molar-refractivity contribution in [3.05, 3.63) is 24.3 Å². The van der Waals surface area contributed by atoms with E-state index in [0.29, 0.717) is 19.2 Å². The molecule has 0 radical (unpaired) electrons. The van der Waals surface area contributed by atoms with Gasteiger partial charge < -0.3 is 20.1 Å². The number of hydrogen-bond donors (Lipinski definition) is 2. The van der Waals surface area contributed by atoms with Crippen LogP contribution in [0.1, 0.15) is 41.0 Å². The summed E-state index contributed by atoms with van der Waals surface area (Å²) in [5.74, 6) is 0.777. The van der Waals surface area contributed by atoms with E-state index in [1.165, 1.54) is 0 Å². The van der Waals surface area contributed by atoms with Crippen LogP contribution in [0.3, 0.4) is 0 Å². The first-order valence-electron chi connectivity index (χ1n) is 7.76. The number of carbonyl (C=O) groups is 1. The molecule has 0 aliphatic carbocycles. The lowest BCUT2D eigenvalue weighted by Gasteiger charge is -2.19. The molecule has 22 heavy (non-hydrogen) atoms. The van der Waals surface area contributed by atoms with E-state index < -0.39 is 11.7 Å². The number of rotatable bonds is 7. The second-order valence-corrected chi connectivity index (χ2v) is 6.26. The van der Waals surface area contributed by atoms with Crippen LogP contribution in [0.2, 0.25) is 0 Å². The van der Waals surface area contributed by atoms with Gasteiger partial charge in [0.1, 0.15) is 18.0 Å². The molecule has 5 nitrogen and oxygen atoms in total. The summed E-state index contributed by atoms with van der Waals surface area (Å²) in [6.07, 6.45) is 0.633. The molecule has 0 aliphatic rings. The Morgan fingerprint density at radius 1 is 1.32 bits per heavy atom. The monoisotopic (exact) mass is 308 g/mol. The molecule has 1 unspecified atom stereocenters. The quantitative estimate of drug-likeness (QED) is 0.752. The van der Waals surface area contributed by atoms with Crippen molar-refractivity contribution in [3.8, 4) is 5.75 Å². The summed E-state index contributed by atoms with van der Waals surface area (Å²) in [6, 6.07) is 8.23. The second kappa shape index (κ2) is 8.51. The van der Waals surface area contributed by atoms with E-state index in [1.54, 1.807) is 0 Å². The molecule has 1 rings (SSSR count). The number of alkyl carbamates (subject to hydrolysis) is 1. The van der Waals surface area contributed by atoms with Crippen molar-refractivity contribution in [1.82, 2.24) is 5.32 Å². The molecule has 1 atom stereocenters. The van der Waals surface area contributed by atoms with Gasteiger partial charge in [0, 0.05) is 17.8 Å². The molecule has 1 amide bonds. The van der Waals surface area contributed by atoms with Crippen LogP contribution in [-0.2, 0) is 4.74 Å². The van der Waals surface area contributed by atoms with Gasteiger partial charge in [-0.1, -0.05) is 13.0 Å². The minimum atomic E-state index is -0.485. The second-order valence-electron chi connectivity index (χ2n) is 6.26. The van der Waals surface area contributed by atoms with Gasteiger partial charge in [-0.2, -0.15) is 0 Å². The molecule has 0 saturated heterocycles. The van der Waals surface area contributed by atoms with Gasteiger partial charge in [-0.15, -0.1) is 0 Å². The Bertz CT molecular complexity index is 469. The van der Waals surface area contributed by atoms with Gasteiger partial charge >= 0.3 is 6.09 Å². The van der Waals surface area contributed by atoms with Crippen molar-refractivity contribution in [1.29, 1.82) is 0 Å². The van der Waals surface area contributed by atoms with E-state index >= 15 is 0 Å². The van der Waals surface area contributed by atoms with Gasteiger partial charge in [0.05, 0.1) is 6.54 Å². The zero-order valence-electron chi connectivity index (χ0n) is 14.2. The lowest BCUT2D eigenvalue weighted by Crippen LogP contribution is -2.34. The van der Waals surface area contributed by atoms with E-state index in [1.807, 2.05) is 45.0 Å². The Balaban J connectivity index is 2.33. The number of amides is 1. The fraction of sp³-hybridized carbons (Fsp3) is 0.588. The van der Waals surface area contributed by atoms with E-state index in [0.717, 1.165) is 17.9 Å². The van der Waals surface area contributed by atoms with Crippen LogP contribution >= 0.6 is 0 Å². The van der Waals surface area contributed by atoms with Crippen LogP contribution < -0.4 is 15.4 Å². The first kappa shape index (κ1) is 18.1. The average Bonchev–Trinajstić information content (AvgIpc) is 2.42. The molecule has 0 aromatic heterocycles. The van der Waals surface area contributed by atoms with Crippen molar-refractivity contribution in [2.45, 2.75) is 52.7 Å². The van der Waals surface area contributed by atoms with E-state index in [9.17, 15) is 4.79 Å². The van der Waals surface area contributed by atoms with Gasteiger partial charge in [0.15, 0.2) is 0 Å². The predicted molar refractivity (Wildman–Crippen MR) is 89.5 cm³/mol. The maximum absolute atomic E-state index is 11.5. The number of anilines is 1. The summed E-state index contributed by atoms with van der Waals surface area (Å²) in [5.41, 5.74) is 0.549. The summed E-state index contributed by atoms with van der Waals surface area (Å²) >= 11 is 0. The lowest BCUT2D eigenvalue weighted by molar-refractivity contribution is 0.0520. The Morgan fingerprint density at radius 3 is 2.68 bits per heavy atom. The maximum atomic E-state index is 11.5. The standard InChI is InChI=1S/C17H28N2O3/c1-6-13(2)19-14-8-7-9-15(12-14)21-11-10-18-16(20)22-17(3,4)5/h7-9,12-13,19H,6,10-11H2,1-5H3,(H,18,20). The molecule has 1 aromatic rings. The molecule has 124 valence electrons. The smallest absolute Gasteiger partial charge is 0.407 e. The van der Waals surface area contributed by atoms with Crippen molar-refractivity contribution in [2.75, 3.05) is 18.5 Å². The largest absolute Gasteiger partial charge is 0.492 e. The number of ether oxygens (including phenoxy) is 2. The van der Waals surface area contributed by atoms with E-state index in [-0.39, 0.29) is 0 Å². The molecule has 0 bridgehead atoms. The highest BCUT2D eigenvalue weighted by atomic mass is 16.6. The van der Waals surface area contributed by atoms with Gasteiger partial charge in [-0.25, -0.2) is 4.79 Å². The number of nitrogens with one attached hydrogen (secondary N) is 2. The summed E-state index contributed by atoms with van der Waals surface area (Å²) in [7, 11) is 0. The van der Waals surface area contributed by atoms with Gasteiger partial charge in [-0.3, -0.25) is 0 Å². The van der Waals surface area contributed by atoms with E-state index in [2.05, 4.69) is 24.5 Å². The van der Waals surface area contributed by atoms with Crippen LogP contribution in [0.15, 0.2) is 24.3 Å². The first-order valence-corrected chi connectivity index (χ1v) is 7.76. The summed E-state index contributed by atoms with van der Waals surface area (Å²) < 4.78 is 10.8. The van der Waals surface area contributed by atoms with E-state index in [4.69, 9.17) is 9.47 Å². The van der Waals surface area contributed by atoms with Crippen molar-refractivity contribution >= 4 is 11.8 Å². The Kier molecular flexibility index (Phi) is 7.02.